The van der Waals surface area contributed by atoms with Gasteiger partial charge < -0.3 is 15.5 Å². The van der Waals surface area contributed by atoms with Crippen molar-refractivity contribution >= 4 is 7.60 Å². The third-order valence-electron chi connectivity index (χ3n) is 3.15. The molecule has 0 aliphatic heterocycles. The summed E-state index contributed by atoms with van der Waals surface area (Å²) in [5, 5.41) is 0. The first kappa shape index (κ1) is 11.2. The standard InChI is InChI=1S/C8H18NO3P/c1-5-3-7(9)8(4-6(5)2)13(10,11)12/h5-8H,3-4,9H2,1-2H3,(H2,10,11,12). The molecular weight excluding hydrogens is 189 g/mol. The number of hydrogen-bond donors (Lipinski definition) is 3. The summed E-state index contributed by atoms with van der Waals surface area (Å²) in [5.74, 6) is 0.829. The zero-order valence-electron chi connectivity index (χ0n) is 8.05. The Morgan fingerprint density at radius 2 is 1.69 bits per heavy atom. The van der Waals surface area contributed by atoms with Crippen LogP contribution in [0.2, 0.25) is 0 Å². The highest BCUT2D eigenvalue weighted by atomic mass is 31.2. The molecule has 0 radical (unpaired) electrons. The second-order valence-corrected chi connectivity index (χ2v) is 6.09. The molecule has 78 valence electrons. The van der Waals surface area contributed by atoms with E-state index in [2.05, 4.69) is 6.92 Å². The molecule has 0 amide bonds. The maximum atomic E-state index is 11.1. The lowest BCUT2D eigenvalue weighted by atomic mass is 9.79. The zero-order chi connectivity index (χ0) is 10.2. The monoisotopic (exact) mass is 207 g/mol. The van der Waals surface area contributed by atoms with Crippen LogP contribution >= 0.6 is 7.60 Å². The Hall–Kier alpha value is 0.110. The molecule has 5 heteroatoms. The number of hydrogen-bond acceptors (Lipinski definition) is 2. The van der Waals surface area contributed by atoms with Gasteiger partial charge in [0, 0.05) is 6.04 Å². The second kappa shape index (κ2) is 3.70. The van der Waals surface area contributed by atoms with E-state index in [0.717, 1.165) is 6.42 Å². The van der Waals surface area contributed by atoms with E-state index in [4.69, 9.17) is 15.5 Å². The van der Waals surface area contributed by atoms with Crippen LogP contribution in [-0.4, -0.2) is 21.5 Å². The molecular formula is C8H18NO3P. The van der Waals surface area contributed by atoms with Crippen molar-refractivity contribution < 1.29 is 14.4 Å². The number of rotatable bonds is 1. The van der Waals surface area contributed by atoms with E-state index in [0.29, 0.717) is 18.3 Å². The first-order valence-electron chi connectivity index (χ1n) is 4.63. The summed E-state index contributed by atoms with van der Waals surface area (Å²) in [6, 6.07) is -0.341. The smallest absolute Gasteiger partial charge is 0.327 e. The summed E-state index contributed by atoms with van der Waals surface area (Å²) in [6.45, 7) is 4.11. The van der Waals surface area contributed by atoms with Crippen LogP contribution in [0.5, 0.6) is 0 Å². The minimum absolute atomic E-state index is 0.341. The van der Waals surface area contributed by atoms with Crippen LogP contribution in [0, 0.1) is 11.8 Å². The fourth-order valence-corrected chi connectivity index (χ4v) is 3.22. The quantitative estimate of drug-likeness (QED) is 0.558. The van der Waals surface area contributed by atoms with Crippen molar-refractivity contribution in [3.63, 3.8) is 0 Å². The van der Waals surface area contributed by atoms with Gasteiger partial charge in [0.15, 0.2) is 0 Å². The SMILES string of the molecule is CC1CC(N)C(P(=O)(O)O)CC1C. The molecule has 0 aromatic carbocycles. The Morgan fingerprint density at radius 3 is 2.15 bits per heavy atom. The van der Waals surface area contributed by atoms with Gasteiger partial charge in [0.1, 0.15) is 0 Å². The molecule has 1 fully saturated rings. The van der Waals surface area contributed by atoms with Gasteiger partial charge in [0.2, 0.25) is 0 Å². The van der Waals surface area contributed by atoms with Crippen molar-refractivity contribution in [2.75, 3.05) is 0 Å². The zero-order valence-corrected chi connectivity index (χ0v) is 8.95. The van der Waals surface area contributed by atoms with Crippen LogP contribution in [0.4, 0.5) is 0 Å². The van der Waals surface area contributed by atoms with E-state index >= 15 is 0 Å². The lowest BCUT2D eigenvalue weighted by Crippen LogP contribution is -2.42. The summed E-state index contributed by atoms with van der Waals surface area (Å²) in [5.41, 5.74) is 5.10. The molecule has 1 aliphatic rings. The van der Waals surface area contributed by atoms with Crippen molar-refractivity contribution in [3.05, 3.63) is 0 Å². The van der Waals surface area contributed by atoms with Crippen LogP contribution in [-0.2, 0) is 4.57 Å². The lowest BCUT2D eigenvalue weighted by Gasteiger charge is -2.36. The molecule has 0 heterocycles. The summed E-state index contributed by atoms with van der Waals surface area (Å²) in [4.78, 5) is 18.1. The second-order valence-electron chi connectivity index (χ2n) is 4.25. The molecule has 13 heavy (non-hydrogen) atoms. The molecule has 0 aromatic heterocycles. The number of nitrogens with two attached hydrogens (primary N) is 1. The van der Waals surface area contributed by atoms with Crippen molar-refractivity contribution in [2.45, 2.75) is 38.4 Å². The first-order valence-corrected chi connectivity index (χ1v) is 6.31. The molecule has 0 saturated heterocycles. The van der Waals surface area contributed by atoms with Crippen molar-refractivity contribution in [1.82, 2.24) is 0 Å². The molecule has 1 saturated carbocycles. The minimum Gasteiger partial charge on any atom is -0.327 e. The van der Waals surface area contributed by atoms with E-state index in [9.17, 15) is 4.57 Å². The van der Waals surface area contributed by atoms with Crippen LogP contribution in [0.1, 0.15) is 26.7 Å². The molecule has 4 nitrogen and oxygen atoms in total. The third-order valence-corrected chi connectivity index (χ3v) is 4.61. The Bertz CT molecular complexity index is 227. The Labute approximate surface area is 78.7 Å². The largest absolute Gasteiger partial charge is 0.330 e. The van der Waals surface area contributed by atoms with Gasteiger partial charge in [0.05, 0.1) is 5.66 Å². The van der Waals surface area contributed by atoms with Crippen molar-refractivity contribution in [2.24, 2.45) is 17.6 Å². The average Bonchev–Trinajstić information content (AvgIpc) is 1.94. The lowest BCUT2D eigenvalue weighted by molar-refractivity contribution is 0.230. The van der Waals surface area contributed by atoms with E-state index in [1.165, 1.54) is 0 Å². The average molecular weight is 207 g/mol. The molecule has 4 N–H and O–H groups in total. The molecule has 1 rings (SSSR count). The van der Waals surface area contributed by atoms with E-state index in [1.807, 2.05) is 6.92 Å². The van der Waals surface area contributed by atoms with Gasteiger partial charge in [-0.25, -0.2) is 0 Å². The van der Waals surface area contributed by atoms with Crippen LogP contribution in [0.25, 0.3) is 0 Å². The van der Waals surface area contributed by atoms with Gasteiger partial charge in [-0.05, 0) is 24.7 Å². The molecule has 0 aromatic rings. The Morgan fingerprint density at radius 1 is 1.23 bits per heavy atom. The summed E-state index contributed by atoms with van der Waals surface area (Å²) < 4.78 is 11.1. The highest BCUT2D eigenvalue weighted by Gasteiger charge is 2.40. The van der Waals surface area contributed by atoms with Gasteiger partial charge in [-0.15, -0.1) is 0 Å². The van der Waals surface area contributed by atoms with Crippen LogP contribution in [0.3, 0.4) is 0 Å². The van der Waals surface area contributed by atoms with Gasteiger partial charge in [-0.2, -0.15) is 0 Å². The predicted molar refractivity (Wildman–Crippen MR) is 51.4 cm³/mol. The molecule has 0 spiro atoms. The fourth-order valence-electron chi connectivity index (χ4n) is 1.99. The molecule has 4 atom stereocenters. The van der Waals surface area contributed by atoms with Gasteiger partial charge >= 0.3 is 7.60 Å². The summed E-state index contributed by atoms with van der Waals surface area (Å²) >= 11 is 0. The van der Waals surface area contributed by atoms with E-state index < -0.39 is 13.3 Å². The minimum atomic E-state index is -3.99. The van der Waals surface area contributed by atoms with Crippen molar-refractivity contribution in [1.29, 1.82) is 0 Å². The van der Waals surface area contributed by atoms with Gasteiger partial charge in [0.25, 0.3) is 0 Å². The molecule has 4 unspecified atom stereocenters. The van der Waals surface area contributed by atoms with Crippen LogP contribution in [0.15, 0.2) is 0 Å². The van der Waals surface area contributed by atoms with E-state index in [-0.39, 0.29) is 6.04 Å². The highest BCUT2D eigenvalue weighted by molar-refractivity contribution is 7.52. The molecule has 1 aliphatic carbocycles. The summed E-state index contributed by atoms with van der Waals surface area (Å²) in [6.07, 6.45) is 1.27. The normalized spacial score (nSPS) is 41.9. The topological polar surface area (TPSA) is 83.6 Å². The first-order chi connectivity index (χ1) is 5.82. The van der Waals surface area contributed by atoms with Gasteiger partial charge in [-0.3, -0.25) is 4.57 Å². The maximum Gasteiger partial charge on any atom is 0.330 e. The third kappa shape index (κ3) is 2.53. The molecule has 0 bridgehead atoms. The Kier molecular flexibility index (Phi) is 3.18. The van der Waals surface area contributed by atoms with Gasteiger partial charge in [-0.1, -0.05) is 13.8 Å². The maximum absolute atomic E-state index is 11.1. The predicted octanol–water partition coefficient (Wildman–Crippen LogP) is 0.926. The summed E-state index contributed by atoms with van der Waals surface area (Å²) in [7, 11) is -3.99. The Balaban J connectivity index is 2.73. The van der Waals surface area contributed by atoms with E-state index in [1.54, 1.807) is 0 Å². The van der Waals surface area contributed by atoms with Crippen LogP contribution < -0.4 is 5.73 Å². The highest BCUT2D eigenvalue weighted by Crippen LogP contribution is 2.49. The fraction of sp³-hybridized carbons (Fsp3) is 1.00. The van der Waals surface area contributed by atoms with Crippen molar-refractivity contribution in [3.8, 4) is 0 Å².